The number of ether oxygens (including phenoxy) is 1. The van der Waals surface area contributed by atoms with Gasteiger partial charge in [-0.2, -0.15) is 0 Å². The van der Waals surface area contributed by atoms with Crippen molar-refractivity contribution in [2.45, 2.75) is 19.9 Å². The summed E-state index contributed by atoms with van der Waals surface area (Å²) in [5.41, 5.74) is 0.950. The molecule has 16 heavy (non-hydrogen) atoms. The molecule has 1 saturated heterocycles. The first-order chi connectivity index (χ1) is 7.70. The summed E-state index contributed by atoms with van der Waals surface area (Å²) in [6.07, 6.45) is 2.32. The molecule has 2 rings (SSSR count). The second kappa shape index (κ2) is 4.65. The molecular formula is C11H16N2O3. The number of nitrogens with zero attached hydrogens (tertiary/aromatic N) is 2. The molecule has 1 aromatic rings. The number of carbonyl (C=O) groups is 1. The van der Waals surface area contributed by atoms with Crippen LogP contribution >= 0.6 is 0 Å². The van der Waals surface area contributed by atoms with Crippen molar-refractivity contribution in [2.75, 3.05) is 20.2 Å². The lowest BCUT2D eigenvalue weighted by Gasteiger charge is -2.13. The normalized spacial score (nSPS) is 21.2. The lowest BCUT2D eigenvalue weighted by molar-refractivity contribution is -0.144. The summed E-state index contributed by atoms with van der Waals surface area (Å²) in [5, 5.41) is 0. The molecule has 1 aliphatic rings. The van der Waals surface area contributed by atoms with Crippen molar-refractivity contribution < 1.29 is 13.9 Å². The molecule has 1 atom stereocenters. The fraction of sp³-hybridized carbons (Fsp3) is 0.636. The Bertz CT molecular complexity index is 375. The number of aromatic nitrogens is 1. The summed E-state index contributed by atoms with van der Waals surface area (Å²) in [7, 11) is 1.44. The van der Waals surface area contributed by atoms with Crippen LogP contribution in [0.4, 0.5) is 0 Å². The highest BCUT2D eigenvalue weighted by atomic mass is 16.5. The highest BCUT2D eigenvalue weighted by Crippen LogP contribution is 2.20. The van der Waals surface area contributed by atoms with Crippen molar-refractivity contribution in [2.24, 2.45) is 5.92 Å². The van der Waals surface area contributed by atoms with E-state index in [4.69, 9.17) is 9.15 Å². The van der Waals surface area contributed by atoms with E-state index < -0.39 is 0 Å². The number of esters is 1. The smallest absolute Gasteiger partial charge is 0.310 e. The van der Waals surface area contributed by atoms with E-state index in [0.717, 1.165) is 37.5 Å². The van der Waals surface area contributed by atoms with E-state index in [9.17, 15) is 4.79 Å². The first kappa shape index (κ1) is 11.1. The summed E-state index contributed by atoms with van der Waals surface area (Å²) >= 11 is 0. The van der Waals surface area contributed by atoms with Crippen molar-refractivity contribution in [3.05, 3.63) is 17.8 Å². The quantitative estimate of drug-likeness (QED) is 0.716. The van der Waals surface area contributed by atoms with Crippen LogP contribution in [-0.2, 0) is 16.1 Å². The Morgan fingerprint density at radius 1 is 1.75 bits per heavy atom. The summed E-state index contributed by atoms with van der Waals surface area (Å²) < 4.78 is 9.88. The molecule has 0 bridgehead atoms. The number of hydrogen-bond acceptors (Lipinski definition) is 5. The predicted octanol–water partition coefficient (Wildman–Crippen LogP) is 0.978. The molecule has 1 aliphatic heterocycles. The minimum absolute atomic E-state index is 0.0113. The third kappa shape index (κ3) is 2.24. The number of likely N-dealkylation sites (tertiary alicyclic amines) is 1. The highest BCUT2D eigenvalue weighted by molar-refractivity contribution is 5.72. The maximum atomic E-state index is 11.3. The van der Waals surface area contributed by atoms with Gasteiger partial charge in [0, 0.05) is 13.1 Å². The van der Waals surface area contributed by atoms with E-state index in [1.54, 1.807) is 0 Å². The van der Waals surface area contributed by atoms with Crippen LogP contribution in [0.15, 0.2) is 10.8 Å². The maximum absolute atomic E-state index is 11.3. The van der Waals surface area contributed by atoms with Crippen LogP contribution in [0.1, 0.15) is 17.9 Å². The fourth-order valence-corrected chi connectivity index (χ4v) is 2.03. The standard InChI is InChI=1S/C11H16N2O3/c1-8-10(12-7-16-8)6-13-4-3-9(5-13)11(14)15-2/h7,9H,3-6H2,1-2H3. The molecule has 88 valence electrons. The van der Waals surface area contributed by atoms with E-state index in [0.29, 0.717) is 0 Å². The molecule has 2 heterocycles. The van der Waals surface area contributed by atoms with E-state index >= 15 is 0 Å². The summed E-state index contributed by atoms with van der Waals surface area (Å²) in [4.78, 5) is 17.7. The Hall–Kier alpha value is -1.36. The fourth-order valence-electron chi connectivity index (χ4n) is 2.03. The number of methoxy groups -OCH3 is 1. The van der Waals surface area contributed by atoms with Gasteiger partial charge >= 0.3 is 5.97 Å². The van der Waals surface area contributed by atoms with E-state index in [1.807, 2.05) is 6.92 Å². The van der Waals surface area contributed by atoms with Gasteiger partial charge in [0.2, 0.25) is 0 Å². The Kier molecular flexibility index (Phi) is 3.24. The second-order valence-electron chi connectivity index (χ2n) is 4.10. The Balaban J connectivity index is 1.90. The number of rotatable bonds is 3. The van der Waals surface area contributed by atoms with Crippen molar-refractivity contribution in [3.63, 3.8) is 0 Å². The van der Waals surface area contributed by atoms with Crippen molar-refractivity contribution in [3.8, 4) is 0 Å². The summed E-state index contributed by atoms with van der Waals surface area (Å²) in [5.74, 6) is 0.748. The first-order valence-electron chi connectivity index (χ1n) is 5.40. The lowest BCUT2D eigenvalue weighted by atomic mass is 10.1. The minimum Gasteiger partial charge on any atom is -0.469 e. The van der Waals surface area contributed by atoms with Gasteiger partial charge in [0.1, 0.15) is 5.76 Å². The molecule has 0 N–H and O–H groups in total. The minimum atomic E-state index is -0.112. The van der Waals surface area contributed by atoms with E-state index in [1.165, 1.54) is 13.5 Å². The van der Waals surface area contributed by atoms with Crippen LogP contribution in [0, 0.1) is 12.8 Å². The average Bonchev–Trinajstić information content (AvgIpc) is 2.89. The maximum Gasteiger partial charge on any atom is 0.310 e. The van der Waals surface area contributed by atoms with E-state index in [-0.39, 0.29) is 11.9 Å². The lowest BCUT2D eigenvalue weighted by Crippen LogP contribution is -2.24. The molecule has 0 radical (unpaired) electrons. The predicted molar refractivity (Wildman–Crippen MR) is 56.6 cm³/mol. The summed E-state index contributed by atoms with van der Waals surface area (Å²) in [6, 6.07) is 0. The first-order valence-corrected chi connectivity index (χ1v) is 5.40. The zero-order valence-electron chi connectivity index (χ0n) is 9.60. The number of aryl methyl sites for hydroxylation is 1. The number of oxazole rings is 1. The van der Waals surface area contributed by atoms with Crippen LogP contribution in [0.5, 0.6) is 0 Å². The van der Waals surface area contributed by atoms with Crippen molar-refractivity contribution >= 4 is 5.97 Å². The molecule has 0 aliphatic carbocycles. The summed E-state index contributed by atoms with van der Waals surface area (Å²) in [6.45, 7) is 4.30. The van der Waals surface area contributed by atoms with Crippen LogP contribution < -0.4 is 0 Å². The molecule has 5 heteroatoms. The largest absolute Gasteiger partial charge is 0.469 e. The Morgan fingerprint density at radius 3 is 3.19 bits per heavy atom. The molecule has 1 unspecified atom stereocenters. The van der Waals surface area contributed by atoms with Crippen LogP contribution in [0.3, 0.4) is 0 Å². The van der Waals surface area contributed by atoms with Gasteiger partial charge in [-0.15, -0.1) is 0 Å². The molecule has 1 fully saturated rings. The van der Waals surface area contributed by atoms with Crippen LogP contribution in [-0.4, -0.2) is 36.1 Å². The molecule has 0 aromatic carbocycles. The van der Waals surface area contributed by atoms with Gasteiger partial charge in [-0.1, -0.05) is 0 Å². The van der Waals surface area contributed by atoms with Gasteiger partial charge in [0.15, 0.2) is 6.39 Å². The molecular weight excluding hydrogens is 208 g/mol. The zero-order valence-corrected chi connectivity index (χ0v) is 9.60. The molecule has 5 nitrogen and oxygen atoms in total. The van der Waals surface area contributed by atoms with Gasteiger partial charge in [-0.25, -0.2) is 4.98 Å². The van der Waals surface area contributed by atoms with Crippen LogP contribution in [0.25, 0.3) is 0 Å². The monoisotopic (exact) mass is 224 g/mol. The average molecular weight is 224 g/mol. The number of hydrogen-bond donors (Lipinski definition) is 0. The third-order valence-corrected chi connectivity index (χ3v) is 3.02. The molecule has 0 saturated carbocycles. The number of carbonyl (C=O) groups excluding carboxylic acids is 1. The topological polar surface area (TPSA) is 55.6 Å². The van der Waals surface area contributed by atoms with Crippen LogP contribution in [0.2, 0.25) is 0 Å². The van der Waals surface area contributed by atoms with Crippen molar-refractivity contribution in [1.82, 2.24) is 9.88 Å². The highest BCUT2D eigenvalue weighted by Gasteiger charge is 2.29. The van der Waals surface area contributed by atoms with Crippen molar-refractivity contribution in [1.29, 1.82) is 0 Å². The molecule has 0 amide bonds. The van der Waals surface area contributed by atoms with Gasteiger partial charge in [0.05, 0.1) is 18.7 Å². The van der Waals surface area contributed by atoms with Gasteiger partial charge in [-0.3, -0.25) is 9.69 Å². The second-order valence-corrected chi connectivity index (χ2v) is 4.10. The third-order valence-electron chi connectivity index (χ3n) is 3.02. The Morgan fingerprint density at radius 2 is 2.56 bits per heavy atom. The van der Waals surface area contributed by atoms with E-state index in [2.05, 4.69) is 9.88 Å². The Labute approximate surface area is 94.4 Å². The molecule has 1 aromatic heterocycles. The zero-order chi connectivity index (χ0) is 11.5. The van der Waals surface area contributed by atoms with Gasteiger partial charge < -0.3 is 9.15 Å². The van der Waals surface area contributed by atoms with Gasteiger partial charge in [-0.05, 0) is 19.9 Å². The van der Waals surface area contributed by atoms with Gasteiger partial charge in [0.25, 0.3) is 0 Å². The SMILES string of the molecule is COC(=O)C1CCN(Cc2ncoc2C)C1. The molecule has 0 spiro atoms.